The molecular weight excluding hydrogens is 309 g/mol. The topological polar surface area (TPSA) is 67.2 Å². The monoisotopic (exact) mass is 333 g/mol. The van der Waals surface area contributed by atoms with Crippen molar-refractivity contribution in [1.29, 1.82) is 0 Å². The van der Waals surface area contributed by atoms with Crippen molar-refractivity contribution < 1.29 is 14.3 Å². The normalized spacial score (nSPS) is 12.4. The van der Waals surface area contributed by atoms with Crippen LogP contribution in [0, 0.1) is 11.7 Å². The van der Waals surface area contributed by atoms with Crippen molar-refractivity contribution in [2.45, 2.75) is 39.7 Å². The van der Waals surface area contributed by atoms with E-state index in [1.165, 1.54) is 18.3 Å². The Morgan fingerprint density at radius 1 is 1.33 bits per heavy atom. The van der Waals surface area contributed by atoms with E-state index in [2.05, 4.69) is 10.4 Å². The maximum absolute atomic E-state index is 13.1. The third kappa shape index (κ3) is 4.41. The van der Waals surface area contributed by atoms with Gasteiger partial charge in [-0.3, -0.25) is 4.79 Å². The Balaban J connectivity index is 2.13. The first kappa shape index (κ1) is 18.1. The molecule has 0 radical (unpaired) electrons. The molecule has 5 nitrogen and oxygen atoms in total. The Morgan fingerprint density at radius 3 is 2.58 bits per heavy atom. The summed E-state index contributed by atoms with van der Waals surface area (Å²) in [6, 6.07) is 5.96. The van der Waals surface area contributed by atoms with E-state index >= 15 is 0 Å². The molecule has 6 heteroatoms. The van der Waals surface area contributed by atoms with Gasteiger partial charge < -0.3 is 10.4 Å². The summed E-state index contributed by atoms with van der Waals surface area (Å²) in [6.07, 6.45) is 2.18. The number of rotatable bonds is 7. The fourth-order valence-electron chi connectivity index (χ4n) is 2.64. The first-order chi connectivity index (χ1) is 11.4. The minimum absolute atomic E-state index is 0.210. The maximum Gasteiger partial charge on any atom is 0.254 e. The lowest BCUT2D eigenvalue weighted by Crippen LogP contribution is -2.33. The molecule has 2 aromatic rings. The van der Waals surface area contributed by atoms with Crippen molar-refractivity contribution in [2.75, 3.05) is 6.54 Å². The molecule has 1 heterocycles. The van der Waals surface area contributed by atoms with Crippen molar-refractivity contribution in [1.82, 2.24) is 15.1 Å². The molecule has 24 heavy (non-hydrogen) atoms. The molecule has 0 aliphatic carbocycles. The standard InChI is InChI=1S/C18H24FN3O2/c1-4-17-16(18(24)20-10-15(23)9-12(2)3)11-21-22(17)14-7-5-13(19)6-8-14/h5-8,11-12,15,23H,4,9-10H2,1-3H3,(H,20,24). The molecule has 1 aromatic carbocycles. The second-order valence-electron chi connectivity index (χ2n) is 6.24. The highest BCUT2D eigenvalue weighted by Crippen LogP contribution is 2.16. The molecule has 0 aliphatic heterocycles. The minimum atomic E-state index is -0.564. The van der Waals surface area contributed by atoms with Gasteiger partial charge in [-0.1, -0.05) is 20.8 Å². The van der Waals surface area contributed by atoms with Gasteiger partial charge in [0.2, 0.25) is 0 Å². The molecule has 0 aliphatic rings. The van der Waals surface area contributed by atoms with Crippen molar-refractivity contribution in [3.05, 3.63) is 47.5 Å². The third-order valence-electron chi connectivity index (χ3n) is 3.76. The third-order valence-corrected chi connectivity index (χ3v) is 3.76. The first-order valence-electron chi connectivity index (χ1n) is 8.21. The number of carbonyl (C=O) groups excluding carboxylic acids is 1. The molecule has 2 rings (SSSR count). The van der Waals surface area contributed by atoms with Gasteiger partial charge in [0, 0.05) is 6.54 Å². The maximum atomic E-state index is 13.1. The summed E-state index contributed by atoms with van der Waals surface area (Å²) in [6.45, 7) is 6.18. The number of hydrogen-bond acceptors (Lipinski definition) is 3. The average Bonchev–Trinajstić information content (AvgIpc) is 2.96. The van der Waals surface area contributed by atoms with E-state index < -0.39 is 6.10 Å². The van der Waals surface area contributed by atoms with Gasteiger partial charge in [-0.05, 0) is 43.0 Å². The lowest BCUT2D eigenvalue weighted by Gasteiger charge is -2.14. The van der Waals surface area contributed by atoms with Crippen LogP contribution in [0.25, 0.3) is 5.69 Å². The number of hydrogen-bond donors (Lipinski definition) is 2. The van der Waals surface area contributed by atoms with E-state index in [4.69, 9.17) is 0 Å². The number of halogens is 1. The van der Waals surface area contributed by atoms with Crippen molar-refractivity contribution >= 4 is 5.91 Å². The predicted molar refractivity (Wildman–Crippen MR) is 90.7 cm³/mol. The van der Waals surface area contributed by atoms with E-state index in [-0.39, 0.29) is 18.3 Å². The van der Waals surface area contributed by atoms with Crippen LogP contribution in [0.1, 0.15) is 43.2 Å². The summed E-state index contributed by atoms with van der Waals surface area (Å²) in [5.74, 6) is -0.214. The highest BCUT2D eigenvalue weighted by atomic mass is 19.1. The lowest BCUT2D eigenvalue weighted by molar-refractivity contribution is 0.0899. The molecule has 0 saturated carbocycles. The van der Waals surface area contributed by atoms with Crippen LogP contribution in [0.5, 0.6) is 0 Å². The fraction of sp³-hybridized carbons (Fsp3) is 0.444. The van der Waals surface area contributed by atoms with E-state index in [0.717, 1.165) is 5.69 Å². The van der Waals surface area contributed by atoms with Gasteiger partial charge >= 0.3 is 0 Å². The molecule has 0 fully saturated rings. The fourth-order valence-corrected chi connectivity index (χ4v) is 2.64. The molecule has 0 saturated heterocycles. The molecular formula is C18H24FN3O2. The largest absolute Gasteiger partial charge is 0.391 e. The molecule has 1 atom stereocenters. The van der Waals surface area contributed by atoms with E-state index in [1.807, 2.05) is 20.8 Å². The summed E-state index contributed by atoms with van der Waals surface area (Å²) in [4.78, 5) is 12.4. The van der Waals surface area contributed by atoms with Crippen molar-refractivity contribution in [2.24, 2.45) is 5.92 Å². The van der Waals surface area contributed by atoms with Crippen LogP contribution in [-0.4, -0.2) is 33.4 Å². The number of aromatic nitrogens is 2. The van der Waals surface area contributed by atoms with Gasteiger partial charge in [-0.2, -0.15) is 5.10 Å². The Labute approximate surface area is 141 Å². The summed E-state index contributed by atoms with van der Waals surface area (Å²) in [5.41, 5.74) is 1.92. The van der Waals surface area contributed by atoms with Crippen LogP contribution >= 0.6 is 0 Å². The van der Waals surface area contributed by atoms with Gasteiger partial charge in [-0.15, -0.1) is 0 Å². The van der Waals surface area contributed by atoms with Crippen LogP contribution in [0.2, 0.25) is 0 Å². The van der Waals surface area contributed by atoms with Gasteiger partial charge in [0.05, 0.1) is 29.2 Å². The van der Waals surface area contributed by atoms with Crippen LogP contribution in [-0.2, 0) is 6.42 Å². The number of aliphatic hydroxyl groups is 1. The van der Waals surface area contributed by atoms with Crippen molar-refractivity contribution in [3.63, 3.8) is 0 Å². The van der Waals surface area contributed by atoms with E-state index in [0.29, 0.717) is 30.0 Å². The summed E-state index contributed by atoms with van der Waals surface area (Å²) >= 11 is 0. The van der Waals surface area contributed by atoms with Gasteiger partial charge in [0.15, 0.2) is 0 Å². The van der Waals surface area contributed by atoms with Crippen molar-refractivity contribution in [3.8, 4) is 5.69 Å². The first-order valence-corrected chi connectivity index (χ1v) is 8.21. The zero-order valence-electron chi connectivity index (χ0n) is 14.3. The molecule has 1 amide bonds. The van der Waals surface area contributed by atoms with E-state index in [9.17, 15) is 14.3 Å². The number of aliphatic hydroxyl groups excluding tert-OH is 1. The summed E-state index contributed by atoms with van der Waals surface area (Å²) < 4.78 is 14.7. The molecule has 0 spiro atoms. The Morgan fingerprint density at radius 2 is 2.00 bits per heavy atom. The Hall–Kier alpha value is -2.21. The highest BCUT2D eigenvalue weighted by Gasteiger charge is 2.18. The lowest BCUT2D eigenvalue weighted by atomic mass is 10.1. The smallest absolute Gasteiger partial charge is 0.254 e. The molecule has 0 bridgehead atoms. The predicted octanol–water partition coefficient (Wildman–Crippen LogP) is 2.71. The van der Waals surface area contributed by atoms with Gasteiger partial charge in [0.1, 0.15) is 5.82 Å². The number of nitrogens with zero attached hydrogens (tertiary/aromatic N) is 2. The minimum Gasteiger partial charge on any atom is -0.391 e. The number of amides is 1. The van der Waals surface area contributed by atoms with Crippen LogP contribution in [0.15, 0.2) is 30.5 Å². The molecule has 130 valence electrons. The van der Waals surface area contributed by atoms with Crippen LogP contribution in [0.4, 0.5) is 4.39 Å². The Bertz CT molecular complexity index is 680. The Kier molecular flexibility index (Phi) is 6.09. The summed E-state index contributed by atoms with van der Waals surface area (Å²) in [7, 11) is 0. The number of nitrogens with one attached hydrogen (secondary N) is 1. The second-order valence-corrected chi connectivity index (χ2v) is 6.24. The molecule has 1 aromatic heterocycles. The average molecular weight is 333 g/mol. The number of carbonyl (C=O) groups is 1. The zero-order valence-corrected chi connectivity index (χ0v) is 14.3. The SMILES string of the molecule is CCc1c(C(=O)NCC(O)CC(C)C)cnn1-c1ccc(F)cc1. The summed E-state index contributed by atoms with van der Waals surface area (Å²) in [5, 5.41) is 16.9. The highest BCUT2D eigenvalue weighted by molar-refractivity contribution is 5.95. The molecule has 2 N–H and O–H groups in total. The van der Waals surface area contributed by atoms with Crippen LogP contribution in [0.3, 0.4) is 0 Å². The quantitative estimate of drug-likeness (QED) is 0.819. The van der Waals surface area contributed by atoms with E-state index in [1.54, 1.807) is 16.8 Å². The van der Waals surface area contributed by atoms with Gasteiger partial charge in [-0.25, -0.2) is 9.07 Å². The number of benzene rings is 1. The molecule has 1 unspecified atom stereocenters. The van der Waals surface area contributed by atoms with Gasteiger partial charge in [0.25, 0.3) is 5.91 Å². The zero-order chi connectivity index (χ0) is 17.7. The second kappa shape index (κ2) is 8.06. The van der Waals surface area contributed by atoms with Crippen LogP contribution < -0.4 is 5.32 Å².